The summed E-state index contributed by atoms with van der Waals surface area (Å²) in [6, 6.07) is 38.3. The van der Waals surface area contributed by atoms with Gasteiger partial charge in [0.25, 0.3) is 0 Å². The minimum Gasteiger partial charge on any atom is -0.668 e. The largest absolute Gasteiger partial charge is 2.00 e. The molecule has 0 spiro atoms. The molecule has 0 aliphatic rings. The molecule has 3 aromatic carbocycles. The van der Waals surface area contributed by atoms with Crippen molar-refractivity contribution >= 4 is 45.6 Å². The van der Waals surface area contributed by atoms with E-state index in [9.17, 15) is 0 Å². The molecular formula is C30H39N2PSi2Zn. The van der Waals surface area contributed by atoms with E-state index >= 15 is 0 Å². The van der Waals surface area contributed by atoms with Crippen LogP contribution in [-0.2, 0) is 19.5 Å². The summed E-state index contributed by atoms with van der Waals surface area (Å²) in [4.78, 5) is 3.78. The molecule has 184 valence electrons. The Morgan fingerprint density at radius 3 is 1.33 bits per heavy atom. The number of aromatic nitrogens is 1. The molecule has 0 unspecified atom stereocenters. The van der Waals surface area contributed by atoms with Crippen LogP contribution in [0.1, 0.15) is 0 Å². The summed E-state index contributed by atoms with van der Waals surface area (Å²) in [5.41, 5.74) is 0. The van der Waals surface area contributed by atoms with Crippen LogP contribution in [0, 0.1) is 6.07 Å². The Labute approximate surface area is 234 Å². The van der Waals surface area contributed by atoms with E-state index in [0.29, 0.717) is 0 Å². The van der Waals surface area contributed by atoms with Crippen LogP contribution in [0.4, 0.5) is 0 Å². The minimum absolute atomic E-state index is 0. The molecule has 0 fully saturated rings. The smallest absolute Gasteiger partial charge is 0.668 e. The Kier molecular flexibility index (Phi) is 13.8. The van der Waals surface area contributed by atoms with Gasteiger partial charge in [-0.05, 0) is 22.7 Å². The van der Waals surface area contributed by atoms with Gasteiger partial charge in [-0.25, -0.2) is 0 Å². The van der Waals surface area contributed by atoms with Crippen LogP contribution in [0.25, 0.3) is 4.65 Å². The SMILES string of the molecule is C=P(c1c[c-]ccc1)(c1ccccc1)c1ccccc1.C[Si](C)(C)[N-][Si](C)(C)C.[Zn+2].c1ccncc1. The van der Waals surface area contributed by atoms with E-state index in [1.54, 1.807) is 12.4 Å². The van der Waals surface area contributed by atoms with E-state index in [-0.39, 0.29) is 19.5 Å². The van der Waals surface area contributed by atoms with Gasteiger partial charge >= 0.3 is 19.5 Å². The molecule has 0 saturated heterocycles. The molecule has 4 aromatic rings. The van der Waals surface area contributed by atoms with Gasteiger partial charge < -0.3 is 4.65 Å². The number of rotatable bonds is 5. The normalized spacial score (nSPS) is 11.1. The van der Waals surface area contributed by atoms with Gasteiger partial charge in [0.1, 0.15) is 0 Å². The maximum Gasteiger partial charge on any atom is 2.00 e. The van der Waals surface area contributed by atoms with Gasteiger partial charge in [0.05, 0.1) is 0 Å². The fraction of sp³-hybridized carbons (Fsp3) is 0.200. The van der Waals surface area contributed by atoms with Crippen molar-refractivity contribution in [3.05, 3.63) is 126 Å². The van der Waals surface area contributed by atoms with E-state index in [1.807, 2.05) is 30.3 Å². The van der Waals surface area contributed by atoms with E-state index in [2.05, 4.69) is 129 Å². The molecule has 1 heterocycles. The zero-order valence-electron chi connectivity index (χ0n) is 22.7. The molecule has 0 saturated carbocycles. The Bertz CT molecular complexity index is 1000. The van der Waals surface area contributed by atoms with Crippen molar-refractivity contribution in [2.24, 2.45) is 0 Å². The second-order valence-electron chi connectivity index (χ2n) is 10.2. The quantitative estimate of drug-likeness (QED) is 0.138. The van der Waals surface area contributed by atoms with Crippen molar-refractivity contribution in [3.8, 4) is 0 Å². The van der Waals surface area contributed by atoms with Gasteiger partial charge in [-0.1, -0.05) is 136 Å². The molecule has 36 heavy (non-hydrogen) atoms. The van der Waals surface area contributed by atoms with Crippen LogP contribution in [0.2, 0.25) is 39.3 Å². The molecule has 1 aromatic heterocycles. The standard InChI is InChI=1S/C19H16P.C6H18NSi2.C5H5N.Zn/c1-20(17-11-5-2-6-12-17,18-13-7-3-8-14-18)19-15-9-4-10-16-19;1-8(2,3)7-9(4,5)6;1-2-4-6-5-3-1;/h2-9,11-16H,1H2;1-6H3;1-5H;/q2*-1;;+2. The monoisotopic (exact) mass is 578 g/mol. The van der Waals surface area contributed by atoms with Gasteiger partial charge in [-0.15, -0.1) is 5.30 Å². The first-order chi connectivity index (χ1) is 16.5. The molecule has 2 nitrogen and oxygen atoms in total. The Hall–Kier alpha value is -1.87. The van der Waals surface area contributed by atoms with Gasteiger partial charge in [-0.3, -0.25) is 4.98 Å². The number of pyridine rings is 1. The maximum atomic E-state index is 4.82. The van der Waals surface area contributed by atoms with Crippen molar-refractivity contribution in [2.75, 3.05) is 0 Å². The van der Waals surface area contributed by atoms with Crippen molar-refractivity contribution in [2.45, 2.75) is 39.3 Å². The minimum atomic E-state index is -1.81. The predicted molar refractivity (Wildman–Crippen MR) is 165 cm³/mol. The fourth-order valence-electron chi connectivity index (χ4n) is 3.75. The molecule has 0 bridgehead atoms. The molecule has 0 aliphatic heterocycles. The maximum absolute atomic E-state index is 4.82. The third-order valence-corrected chi connectivity index (χ3v) is 13.6. The molecule has 0 aliphatic carbocycles. The van der Waals surface area contributed by atoms with E-state index in [1.165, 1.54) is 15.9 Å². The van der Waals surface area contributed by atoms with Crippen LogP contribution in [-0.4, -0.2) is 27.8 Å². The van der Waals surface area contributed by atoms with E-state index < -0.39 is 23.4 Å². The van der Waals surface area contributed by atoms with Crippen LogP contribution in [0.15, 0.2) is 116 Å². The third-order valence-electron chi connectivity index (χ3n) is 4.76. The molecule has 0 radical (unpaired) electrons. The van der Waals surface area contributed by atoms with Gasteiger partial charge in [0, 0.05) is 12.4 Å². The average Bonchev–Trinajstić information content (AvgIpc) is 2.85. The summed E-state index contributed by atoms with van der Waals surface area (Å²) >= 11 is 0. The summed E-state index contributed by atoms with van der Waals surface area (Å²) in [6.07, 6.45) is 8.17. The van der Waals surface area contributed by atoms with Gasteiger partial charge in [-0.2, -0.15) is 30.3 Å². The number of nitrogens with zero attached hydrogens (tertiary/aromatic N) is 2. The first kappa shape index (κ1) is 32.2. The van der Waals surface area contributed by atoms with E-state index in [0.717, 1.165) is 0 Å². The zero-order chi connectivity index (χ0) is 25.8. The molecular weight excluding hydrogens is 541 g/mol. The summed E-state index contributed by atoms with van der Waals surface area (Å²) < 4.78 is 4.82. The summed E-state index contributed by atoms with van der Waals surface area (Å²) in [6.45, 7) is 12.0. The summed E-state index contributed by atoms with van der Waals surface area (Å²) in [5.74, 6) is 0. The first-order valence-electron chi connectivity index (χ1n) is 11.9. The number of hydrogen-bond acceptors (Lipinski definition) is 1. The Morgan fingerprint density at radius 2 is 1.06 bits per heavy atom. The van der Waals surface area contributed by atoms with Crippen LogP contribution < -0.4 is 15.9 Å². The van der Waals surface area contributed by atoms with Crippen LogP contribution >= 0.6 is 6.89 Å². The fourth-order valence-corrected chi connectivity index (χ4v) is 14.7. The molecule has 4 rings (SSSR count). The summed E-state index contributed by atoms with van der Waals surface area (Å²) in [7, 11) is -2.21. The van der Waals surface area contributed by atoms with Gasteiger partial charge in [0.2, 0.25) is 0 Å². The third kappa shape index (κ3) is 11.5. The molecule has 6 heteroatoms. The average molecular weight is 580 g/mol. The second-order valence-corrected chi connectivity index (χ2v) is 23.0. The molecule has 0 N–H and O–H groups in total. The van der Waals surface area contributed by atoms with E-state index in [4.69, 9.17) is 4.65 Å². The Morgan fingerprint density at radius 1 is 0.639 bits per heavy atom. The number of hydrogen-bond donors (Lipinski definition) is 0. The molecule has 0 amide bonds. The second kappa shape index (κ2) is 15.4. The first-order valence-corrected chi connectivity index (χ1v) is 20.8. The topological polar surface area (TPSA) is 27.0 Å². The van der Waals surface area contributed by atoms with Crippen LogP contribution in [0.5, 0.6) is 0 Å². The van der Waals surface area contributed by atoms with Crippen molar-refractivity contribution in [1.82, 2.24) is 4.98 Å². The van der Waals surface area contributed by atoms with Gasteiger partial charge in [0.15, 0.2) is 0 Å². The molecule has 0 atom stereocenters. The van der Waals surface area contributed by atoms with Crippen molar-refractivity contribution in [3.63, 3.8) is 0 Å². The Balaban J connectivity index is 0.000000337. The van der Waals surface area contributed by atoms with Crippen LogP contribution in [0.3, 0.4) is 0 Å². The van der Waals surface area contributed by atoms with Crippen molar-refractivity contribution < 1.29 is 19.5 Å². The zero-order valence-corrected chi connectivity index (χ0v) is 28.6. The summed E-state index contributed by atoms with van der Waals surface area (Å²) in [5, 5.41) is 3.86. The van der Waals surface area contributed by atoms with Crippen molar-refractivity contribution in [1.29, 1.82) is 0 Å². The number of benzene rings is 3. The predicted octanol–water partition coefficient (Wildman–Crippen LogP) is 7.32.